The summed E-state index contributed by atoms with van der Waals surface area (Å²) in [5.41, 5.74) is 1.29. The number of amides is 2. The van der Waals surface area contributed by atoms with Gasteiger partial charge in [0.15, 0.2) is 0 Å². The maximum Gasteiger partial charge on any atom is 0.414 e. The molecular formula is C14H16N2O4. The van der Waals surface area contributed by atoms with Crippen LogP contribution in [0.15, 0.2) is 24.3 Å². The first-order chi connectivity index (χ1) is 9.75. The smallest absolute Gasteiger partial charge is 0.414 e. The molecule has 2 fully saturated rings. The van der Waals surface area contributed by atoms with Crippen molar-refractivity contribution in [3.8, 4) is 0 Å². The minimum atomic E-state index is -0.360. The number of cyclic esters (lactones) is 1. The van der Waals surface area contributed by atoms with E-state index in [1.807, 2.05) is 6.07 Å². The van der Waals surface area contributed by atoms with Crippen LogP contribution in [0.25, 0.3) is 0 Å². The fourth-order valence-electron chi connectivity index (χ4n) is 2.38. The van der Waals surface area contributed by atoms with Crippen LogP contribution in [0.5, 0.6) is 0 Å². The Morgan fingerprint density at radius 1 is 1.10 bits per heavy atom. The highest BCUT2D eigenvalue weighted by molar-refractivity contribution is 5.97. The Hall–Kier alpha value is -2.08. The number of ether oxygens (including phenoxy) is 2. The van der Waals surface area contributed by atoms with E-state index in [-0.39, 0.29) is 12.0 Å². The van der Waals surface area contributed by atoms with Crippen LogP contribution in [0.4, 0.5) is 10.5 Å². The first-order valence-electron chi connectivity index (χ1n) is 6.67. The fourth-order valence-corrected chi connectivity index (χ4v) is 2.38. The largest absolute Gasteiger partial charge is 0.447 e. The van der Waals surface area contributed by atoms with Crippen molar-refractivity contribution in [3.63, 3.8) is 0 Å². The van der Waals surface area contributed by atoms with Crippen molar-refractivity contribution in [1.82, 2.24) is 4.90 Å². The average Bonchev–Trinajstić information content (AvgIpc) is 2.94. The van der Waals surface area contributed by atoms with Crippen molar-refractivity contribution < 1.29 is 19.1 Å². The average molecular weight is 276 g/mol. The lowest BCUT2D eigenvalue weighted by Gasteiger charge is -2.27. The summed E-state index contributed by atoms with van der Waals surface area (Å²) in [5, 5.41) is 0. The van der Waals surface area contributed by atoms with Crippen molar-refractivity contribution >= 4 is 17.7 Å². The van der Waals surface area contributed by atoms with Crippen molar-refractivity contribution in [3.05, 3.63) is 29.8 Å². The molecule has 106 valence electrons. The van der Waals surface area contributed by atoms with Gasteiger partial charge in [0, 0.05) is 24.3 Å². The van der Waals surface area contributed by atoms with Crippen LogP contribution in [0.3, 0.4) is 0 Å². The minimum Gasteiger partial charge on any atom is -0.447 e. The Morgan fingerprint density at radius 2 is 1.90 bits per heavy atom. The third kappa shape index (κ3) is 2.46. The van der Waals surface area contributed by atoms with E-state index in [4.69, 9.17) is 9.47 Å². The lowest BCUT2D eigenvalue weighted by molar-refractivity contribution is 0.0303. The quantitative estimate of drug-likeness (QED) is 0.812. The molecule has 0 radical (unpaired) electrons. The highest BCUT2D eigenvalue weighted by atomic mass is 16.6. The van der Waals surface area contributed by atoms with E-state index in [2.05, 4.69) is 0 Å². The molecule has 0 spiro atoms. The molecule has 2 heterocycles. The predicted octanol–water partition coefficient (Wildman–Crippen LogP) is 1.12. The van der Waals surface area contributed by atoms with Gasteiger partial charge in [-0.1, -0.05) is 6.07 Å². The number of carbonyl (C=O) groups excluding carboxylic acids is 2. The number of carbonyl (C=O) groups is 2. The lowest BCUT2D eigenvalue weighted by Crippen LogP contribution is -2.40. The maximum atomic E-state index is 12.4. The molecule has 0 atom stereocenters. The van der Waals surface area contributed by atoms with Gasteiger partial charge in [-0.2, -0.15) is 0 Å². The van der Waals surface area contributed by atoms with Crippen molar-refractivity contribution in [2.75, 3.05) is 44.4 Å². The summed E-state index contributed by atoms with van der Waals surface area (Å²) in [7, 11) is 0. The molecule has 0 aliphatic carbocycles. The van der Waals surface area contributed by atoms with Crippen molar-refractivity contribution in [2.45, 2.75) is 0 Å². The van der Waals surface area contributed by atoms with Crippen LogP contribution >= 0.6 is 0 Å². The summed E-state index contributed by atoms with van der Waals surface area (Å²) in [5.74, 6) is -0.0253. The molecule has 3 rings (SSSR count). The normalized spacial score (nSPS) is 19.1. The van der Waals surface area contributed by atoms with E-state index in [1.54, 1.807) is 23.1 Å². The van der Waals surface area contributed by atoms with E-state index >= 15 is 0 Å². The molecule has 2 saturated heterocycles. The van der Waals surface area contributed by atoms with E-state index < -0.39 is 0 Å². The van der Waals surface area contributed by atoms with Gasteiger partial charge in [-0.15, -0.1) is 0 Å². The van der Waals surface area contributed by atoms with E-state index in [9.17, 15) is 9.59 Å². The number of rotatable bonds is 2. The van der Waals surface area contributed by atoms with Crippen LogP contribution in [0.1, 0.15) is 10.4 Å². The Bertz CT molecular complexity index is 526. The van der Waals surface area contributed by atoms with Gasteiger partial charge >= 0.3 is 6.09 Å². The Kier molecular flexibility index (Phi) is 3.56. The Morgan fingerprint density at radius 3 is 2.60 bits per heavy atom. The van der Waals surface area contributed by atoms with E-state index in [0.29, 0.717) is 50.7 Å². The minimum absolute atomic E-state index is 0.0253. The third-order valence-electron chi connectivity index (χ3n) is 3.46. The Balaban J connectivity index is 1.79. The number of anilines is 1. The zero-order chi connectivity index (χ0) is 13.9. The van der Waals surface area contributed by atoms with Gasteiger partial charge in [0.1, 0.15) is 6.61 Å². The number of benzene rings is 1. The second-order valence-electron chi connectivity index (χ2n) is 4.72. The zero-order valence-corrected chi connectivity index (χ0v) is 11.1. The van der Waals surface area contributed by atoms with Crippen molar-refractivity contribution in [1.29, 1.82) is 0 Å². The SMILES string of the molecule is O=C(c1cccc(N2CCOC2=O)c1)N1CCOCC1. The van der Waals surface area contributed by atoms with Crippen LogP contribution in [0, 0.1) is 0 Å². The van der Waals surface area contributed by atoms with E-state index in [0.717, 1.165) is 0 Å². The number of hydrogen-bond donors (Lipinski definition) is 0. The third-order valence-corrected chi connectivity index (χ3v) is 3.46. The Labute approximate surface area is 116 Å². The summed E-state index contributed by atoms with van der Waals surface area (Å²) in [4.78, 5) is 27.2. The summed E-state index contributed by atoms with van der Waals surface area (Å²) in [6, 6.07) is 7.10. The summed E-state index contributed by atoms with van der Waals surface area (Å²) >= 11 is 0. The molecule has 0 aromatic heterocycles. The van der Waals surface area contributed by atoms with Crippen LogP contribution in [-0.2, 0) is 9.47 Å². The molecule has 0 unspecified atom stereocenters. The molecule has 6 heteroatoms. The number of nitrogens with zero attached hydrogens (tertiary/aromatic N) is 2. The summed E-state index contributed by atoms with van der Waals surface area (Å²) in [6.07, 6.45) is -0.360. The molecule has 1 aromatic rings. The molecule has 2 amide bonds. The van der Waals surface area contributed by atoms with Crippen LogP contribution in [-0.4, -0.2) is 56.4 Å². The van der Waals surface area contributed by atoms with Crippen LogP contribution in [0.2, 0.25) is 0 Å². The fraction of sp³-hybridized carbons (Fsp3) is 0.429. The van der Waals surface area contributed by atoms with Gasteiger partial charge in [0.05, 0.1) is 19.8 Å². The van der Waals surface area contributed by atoms with Crippen LogP contribution < -0.4 is 4.90 Å². The molecule has 0 saturated carbocycles. The van der Waals surface area contributed by atoms with Gasteiger partial charge in [-0.3, -0.25) is 9.69 Å². The molecule has 0 N–H and O–H groups in total. The maximum absolute atomic E-state index is 12.4. The molecular weight excluding hydrogens is 260 g/mol. The highest BCUT2D eigenvalue weighted by Gasteiger charge is 2.25. The molecule has 2 aliphatic heterocycles. The molecule has 6 nitrogen and oxygen atoms in total. The van der Waals surface area contributed by atoms with Gasteiger partial charge < -0.3 is 14.4 Å². The first-order valence-corrected chi connectivity index (χ1v) is 6.67. The van der Waals surface area contributed by atoms with Gasteiger partial charge in [-0.05, 0) is 18.2 Å². The number of morpholine rings is 1. The first kappa shape index (κ1) is 12.9. The lowest BCUT2D eigenvalue weighted by atomic mass is 10.1. The highest BCUT2D eigenvalue weighted by Crippen LogP contribution is 2.21. The summed E-state index contributed by atoms with van der Waals surface area (Å²) in [6.45, 7) is 3.27. The topological polar surface area (TPSA) is 59.1 Å². The standard InChI is InChI=1S/C14H16N2O4/c17-13(15-4-7-19-8-5-15)11-2-1-3-12(10-11)16-6-9-20-14(16)18/h1-3,10H,4-9H2. The second kappa shape index (κ2) is 5.50. The van der Waals surface area contributed by atoms with Gasteiger partial charge in [0.25, 0.3) is 5.91 Å². The molecule has 0 bridgehead atoms. The van der Waals surface area contributed by atoms with Crippen molar-refractivity contribution in [2.24, 2.45) is 0 Å². The molecule has 1 aromatic carbocycles. The molecule has 20 heavy (non-hydrogen) atoms. The summed E-state index contributed by atoms with van der Waals surface area (Å²) < 4.78 is 10.2. The predicted molar refractivity (Wildman–Crippen MR) is 71.9 cm³/mol. The second-order valence-corrected chi connectivity index (χ2v) is 4.72. The van der Waals surface area contributed by atoms with Gasteiger partial charge in [-0.25, -0.2) is 4.79 Å². The van der Waals surface area contributed by atoms with Gasteiger partial charge in [0.2, 0.25) is 0 Å². The number of hydrogen-bond acceptors (Lipinski definition) is 4. The van der Waals surface area contributed by atoms with E-state index in [1.165, 1.54) is 4.90 Å². The monoisotopic (exact) mass is 276 g/mol. The zero-order valence-electron chi connectivity index (χ0n) is 11.1. The molecule has 2 aliphatic rings.